The number of fused-ring (bicyclic) bond motifs is 2. The van der Waals surface area contributed by atoms with Crippen molar-refractivity contribution in [2.45, 2.75) is 0 Å². The first kappa shape index (κ1) is 20.6. The number of nitrogens with zero attached hydrogens (tertiary/aromatic N) is 3. The molecule has 2 heterocycles. The fourth-order valence-electron chi connectivity index (χ4n) is 3.74. The summed E-state index contributed by atoms with van der Waals surface area (Å²) in [5.74, 6) is -1.70. The summed E-state index contributed by atoms with van der Waals surface area (Å²) in [7, 11) is 0. The van der Waals surface area contributed by atoms with Crippen LogP contribution in [-0.4, -0.2) is 38.8 Å². The van der Waals surface area contributed by atoms with Gasteiger partial charge in [0.1, 0.15) is 6.54 Å². The highest BCUT2D eigenvalue weighted by Crippen LogP contribution is 2.23. The molecule has 0 atom stereocenters. The van der Waals surface area contributed by atoms with Gasteiger partial charge in [0.15, 0.2) is 5.82 Å². The van der Waals surface area contributed by atoms with Crippen LogP contribution in [0.2, 0.25) is 5.02 Å². The van der Waals surface area contributed by atoms with Gasteiger partial charge in [-0.2, -0.15) is 4.68 Å². The van der Waals surface area contributed by atoms with Gasteiger partial charge in [-0.15, -0.1) is 0 Å². The Morgan fingerprint density at radius 2 is 1.55 bits per heavy atom. The van der Waals surface area contributed by atoms with Crippen molar-refractivity contribution in [2.75, 3.05) is 12.0 Å². The molecule has 3 aromatic carbocycles. The van der Waals surface area contributed by atoms with E-state index in [1.165, 1.54) is 12.1 Å². The molecule has 0 unspecified atom stereocenters. The molecular formula is C24H15ClN4O4. The zero-order valence-electron chi connectivity index (χ0n) is 17.0. The molecule has 1 aliphatic heterocycles. The molecule has 0 aliphatic carbocycles. The van der Waals surface area contributed by atoms with E-state index in [-0.39, 0.29) is 17.0 Å². The Balaban J connectivity index is 1.52. The van der Waals surface area contributed by atoms with Gasteiger partial charge in [-0.05, 0) is 36.4 Å². The number of imide groups is 1. The van der Waals surface area contributed by atoms with Crippen LogP contribution >= 0.6 is 11.6 Å². The summed E-state index contributed by atoms with van der Waals surface area (Å²) >= 11 is 6.12. The fourth-order valence-corrected chi connectivity index (χ4v) is 3.93. The summed E-state index contributed by atoms with van der Waals surface area (Å²) < 4.78 is 1.01. The second kappa shape index (κ2) is 7.99. The number of benzene rings is 3. The molecule has 4 aromatic rings. The topological polar surface area (TPSA) is 101 Å². The van der Waals surface area contributed by atoms with Gasteiger partial charge in [0.2, 0.25) is 0 Å². The van der Waals surface area contributed by atoms with Crippen molar-refractivity contribution in [1.82, 2.24) is 14.6 Å². The van der Waals surface area contributed by atoms with E-state index < -0.39 is 29.8 Å². The minimum absolute atomic E-state index is 0.164. The van der Waals surface area contributed by atoms with E-state index in [9.17, 15) is 19.2 Å². The SMILES string of the molecule is O=C(CN1C(=O)c2ccccc2C1=O)Nn1c(-c2cccc(Cl)c2)nc2ccccc2c1=O. The predicted molar refractivity (Wildman–Crippen MR) is 123 cm³/mol. The van der Waals surface area contributed by atoms with Crippen molar-refractivity contribution in [3.8, 4) is 11.4 Å². The van der Waals surface area contributed by atoms with Crippen LogP contribution in [0, 0.1) is 0 Å². The largest absolute Gasteiger partial charge is 0.280 e. The van der Waals surface area contributed by atoms with Gasteiger partial charge in [-0.25, -0.2) is 4.98 Å². The van der Waals surface area contributed by atoms with Crippen LogP contribution in [0.4, 0.5) is 0 Å². The summed E-state index contributed by atoms with van der Waals surface area (Å²) in [5, 5.41) is 0.725. The Hall–Kier alpha value is -4.30. The smallest absolute Gasteiger partial charge is 0.271 e. The van der Waals surface area contributed by atoms with Crippen LogP contribution in [0.1, 0.15) is 20.7 Å². The number of nitrogens with one attached hydrogen (secondary N) is 1. The third-order valence-electron chi connectivity index (χ3n) is 5.27. The number of aromatic nitrogens is 2. The van der Waals surface area contributed by atoms with Crippen LogP contribution in [0.3, 0.4) is 0 Å². The number of carbonyl (C=O) groups excluding carboxylic acids is 3. The number of halogens is 1. The zero-order valence-corrected chi connectivity index (χ0v) is 17.7. The van der Waals surface area contributed by atoms with E-state index in [1.807, 2.05) is 0 Å². The number of carbonyl (C=O) groups is 3. The molecule has 0 saturated carbocycles. The maximum absolute atomic E-state index is 13.2. The standard InChI is InChI=1S/C24H15ClN4O4/c25-15-7-5-6-14(12-15)21-26-19-11-4-3-10-18(19)24(33)29(21)27-20(30)13-28-22(31)16-8-1-2-9-17(16)23(28)32/h1-12H,13H2,(H,27,30). The van der Waals surface area contributed by atoms with Crippen LogP contribution in [0.5, 0.6) is 0 Å². The molecule has 0 bridgehead atoms. The molecule has 33 heavy (non-hydrogen) atoms. The van der Waals surface area contributed by atoms with Gasteiger partial charge in [0.25, 0.3) is 23.3 Å². The molecule has 8 nitrogen and oxygen atoms in total. The molecule has 1 aromatic heterocycles. The molecule has 0 saturated heterocycles. The first-order valence-corrected chi connectivity index (χ1v) is 10.3. The summed E-state index contributed by atoms with van der Waals surface area (Å²) in [5.41, 5.74) is 3.41. The van der Waals surface area contributed by atoms with Crippen LogP contribution in [0.25, 0.3) is 22.3 Å². The van der Waals surface area contributed by atoms with Crippen molar-refractivity contribution in [2.24, 2.45) is 0 Å². The first-order valence-electron chi connectivity index (χ1n) is 9.97. The molecule has 0 spiro atoms. The molecule has 1 N–H and O–H groups in total. The van der Waals surface area contributed by atoms with E-state index >= 15 is 0 Å². The summed E-state index contributed by atoms with van der Waals surface area (Å²) in [6.45, 7) is -0.555. The maximum atomic E-state index is 13.2. The van der Waals surface area contributed by atoms with Crippen molar-refractivity contribution in [3.63, 3.8) is 0 Å². The number of hydrogen-bond acceptors (Lipinski definition) is 5. The minimum Gasteiger partial charge on any atom is -0.271 e. The van der Waals surface area contributed by atoms with Crippen molar-refractivity contribution < 1.29 is 14.4 Å². The number of amides is 3. The lowest BCUT2D eigenvalue weighted by Gasteiger charge is -2.17. The van der Waals surface area contributed by atoms with Crippen LogP contribution in [-0.2, 0) is 4.79 Å². The number of hydrogen-bond donors (Lipinski definition) is 1. The molecule has 5 rings (SSSR count). The third kappa shape index (κ3) is 3.56. The highest BCUT2D eigenvalue weighted by atomic mass is 35.5. The Labute approximate surface area is 192 Å². The number of para-hydroxylation sites is 1. The Morgan fingerprint density at radius 3 is 2.24 bits per heavy atom. The van der Waals surface area contributed by atoms with Gasteiger partial charge in [-0.3, -0.25) is 29.5 Å². The molecule has 162 valence electrons. The average molecular weight is 459 g/mol. The average Bonchev–Trinajstić information content (AvgIpc) is 3.06. The Bertz CT molecular complexity index is 1490. The summed E-state index contributed by atoms with van der Waals surface area (Å²) in [6, 6.07) is 19.8. The number of rotatable bonds is 4. The molecule has 0 radical (unpaired) electrons. The van der Waals surface area contributed by atoms with Gasteiger partial charge < -0.3 is 0 Å². The monoisotopic (exact) mass is 458 g/mol. The van der Waals surface area contributed by atoms with Crippen molar-refractivity contribution in [1.29, 1.82) is 0 Å². The Kier molecular flexibility index (Phi) is 4.99. The fraction of sp³-hybridized carbons (Fsp3) is 0.0417. The van der Waals surface area contributed by atoms with Crippen molar-refractivity contribution >= 4 is 40.2 Å². The quantitative estimate of drug-likeness (QED) is 0.473. The van der Waals surface area contributed by atoms with Crippen LogP contribution < -0.4 is 11.0 Å². The molecule has 1 aliphatic rings. The van der Waals surface area contributed by atoms with Crippen LogP contribution in [0.15, 0.2) is 77.6 Å². The van der Waals surface area contributed by atoms with E-state index in [0.717, 1.165) is 9.58 Å². The highest BCUT2D eigenvalue weighted by molar-refractivity contribution is 6.30. The van der Waals surface area contributed by atoms with E-state index in [2.05, 4.69) is 10.4 Å². The Morgan fingerprint density at radius 1 is 0.879 bits per heavy atom. The lowest BCUT2D eigenvalue weighted by molar-refractivity contribution is -0.117. The molecular weight excluding hydrogens is 444 g/mol. The van der Waals surface area contributed by atoms with Gasteiger partial charge in [0.05, 0.1) is 22.0 Å². The van der Waals surface area contributed by atoms with Gasteiger partial charge >= 0.3 is 0 Å². The van der Waals surface area contributed by atoms with E-state index in [0.29, 0.717) is 21.5 Å². The van der Waals surface area contributed by atoms with Gasteiger partial charge in [-0.1, -0.05) is 48.0 Å². The molecule has 3 amide bonds. The third-order valence-corrected chi connectivity index (χ3v) is 5.51. The lowest BCUT2D eigenvalue weighted by atomic mass is 10.1. The summed E-state index contributed by atoms with van der Waals surface area (Å²) in [6.07, 6.45) is 0. The second-order valence-corrected chi connectivity index (χ2v) is 7.82. The van der Waals surface area contributed by atoms with E-state index in [1.54, 1.807) is 60.7 Å². The first-order chi connectivity index (χ1) is 15.9. The minimum atomic E-state index is -0.730. The predicted octanol–water partition coefficient (Wildman–Crippen LogP) is 3.08. The van der Waals surface area contributed by atoms with Gasteiger partial charge in [0, 0.05) is 10.6 Å². The van der Waals surface area contributed by atoms with E-state index in [4.69, 9.17) is 11.6 Å². The summed E-state index contributed by atoms with van der Waals surface area (Å²) in [4.78, 5) is 56.7. The molecule has 9 heteroatoms. The second-order valence-electron chi connectivity index (χ2n) is 7.38. The lowest BCUT2D eigenvalue weighted by Crippen LogP contribution is -2.42. The van der Waals surface area contributed by atoms with Crippen molar-refractivity contribution in [3.05, 3.63) is 99.3 Å². The zero-order chi connectivity index (χ0) is 23.1. The normalized spacial score (nSPS) is 12.8. The molecule has 0 fully saturated rings. The maximum Gasteiger partial charge on any atom is 0.280 e. The highest BCUT2D eigenvalue weighted by Gasteiger charge is 2.36.